The van der Waals surface area contributed by atoms with Crippen LogP contribution in [-0.4, -0.2) is 5.11 Å². The van der Waals surface area contributed by atoms with E-state index in [0.29, 0.717) is 4.34 Å². The van der Waals surface area contributed by atoms with Gasteiger partial charge in [-0.1, -0.05) is 39.7 Å². The molecule has 0 saturated heterocycles. The van der Waals surface area contributed by atoms with Crippen molar-refractivity contribution >= 4 is 38.9 Å². The summed E-state index contributed by atoms with van der Waals surface area (Å²) in [6, 6.07) is 11.3. The highest BCUT2D eigenvalue weighted by Gasteiger charge is 2.27. The lowest BCUT2D eigenvalue weighted by Gasteiger charge is -2.22. The highest BCUT2D eigenvalue weighted by molar-refractivity contribution is 9.10. The second-order valence-corrected chi connectivity index (χ2v) is 6.31. The maximum atomic E-state index is 10.5. The Morgan fingerprint density at radius 1 is 1.19 bits per heavy atom. The van der Waals surface area contributed by atoms with Gasteiger partial charge in [0.2, 0.25) is 0 Å². The minimum Gasteiger partial charge on any atom is -0.380 e. The average Bonchev–Trinajstić information content (AvgIpc) is 2.66. The van der Waals surface area contributed by atoms with E-state index in [2.05, 4.69) is 15.9 Å². The van der Waals surface area contributed by atoms with E-state index in [4.69, 9.17) is 11.6 Å². The Kier molecular flexibility index (Phi) is 3.40. The van der Waals surface area contributed by atoms with Crippen molar-refractivity contribution < 1.29 is 5.11 Å². The summed E-state index contributed by atoms with van der Waals surface area (Å²) in [5, 5.41) is 10.5. The van der Waals surface area contributed by atoms with Crippen LogP contribution in [0.15, 0.2) is 40.9 Å². The van der Waals surface area contributed by atoms with Crippen LogP contribution in [0.3, 0.4) is 0 Å². The minimum atomic E-state index is -0.988. The Balaban J connectivity index is 2.42. The van der Waals surface area contributed by atoms with Crippen molar-refractivity contribution in [3.63, 3.8) is 0 Å². The molecule has 0 saturated carbocycles. The molecule has 1 aromatic heterocycles. The van der Waals surface area contributed by atoms with Crippen molar-refractivity contribution in [1.29, 1.82) is 0 Å². The number of hydrogen-bond acceptors (Lipinski definition) is 2. The average molecular weight is 318 g/mol. The van der Waals surface area contributed by atoms with Crippen molar-refractivity contribution in [1.82, 2.24) is 0 Å². The smallest absolute Gasteiger partial charge is 0.121 e. The van der Waals surface area contributed by atoms with Crippen LogP contribution >= 0.6 is 38.9 Å². The van der Waals surface area contributed by atoms with Crippen molar-refractivity contribution in [2.45, 2.75) is 12.5 Å². The zero-order valence-electron chi connectivity index (χ0n) is 8.58. The van der Waals surface area contributed by atoms with Gasteiger partial charge >= 0.3 is 0 Å². The molecule has 0 aliphatic rings. The normalized spacial score (nSPS) is 14.8. The Labute approximate surface area is 112 Å². The molecule has 1 aromatic carbocycles. The first-order chi connectivity index (χ1) is 7.50. The number of aliphatic hydroxyl groups is 1. The number of thiophene rings is 1. The van der Waals surface area contributed by atoms with Crippen LogP contribution in [0.5, 0.6) is 0 Å². The number of hydrogen-bond donors (Lipinski definition) is 1. The van der Waals surface area contributed by atoms with Crippen LogP contribution < -0.4 is 0 Å². The zero-order chi connectivity index (χ0) is 11.8. The van der Waals surface area contributed by atoms with Crippen LogP contribution in [0.4, 0.5) is 0 Å². The van der Waals surface area contributed by atoms with Crippen molar-refractivity contribution in [3.05, 3.63) is 55.6 Å². The van der Waals surface area contributed by atoms with Crippen LogP contribution in [0, 0.1) is 0 Å². The molecule has 84 valence electrons. The molecule has 0 radical (unpaired) electrons. The van der Waals surface area contributed by atoms with E-state index in [1.807, 2.05) is 30.3 Å². The van der Waals surface area contributed by atoms with Crippen LogP contribution in [0.1, 0.15) is 17.4 Å². The molecule has 0 spiro atoms. The summed E-state index contributed by atoms with van der Waals surface area (Å²) in [6.45, 7) is 1.78. The Hall–Kier alpha value is -0.350. The SMILES string of the molecule is CC(O)(c1ccc(Br)cc1)c1ccc(Cl)s1. The lowest BCUT2D eigenvalue weighted by Crippen LogP contribution is -2.20. The quantitative estimate of drug-likeness (QED) is 0.869. The molecule has 4 heteroatoms. The number of benzene rings is 1. The van der Waals surface area contributed by atoms with E-state index in [9.17, 15) is 5.11 Å². The highest BCUT2D eigenvalue weighted by Crippen LogP contribution is 2.35. The molecular formula is C12H10BrClOS. The Bertz CT molecular complexity index is 490. The van der Waals surface area contributed by atoms with Gasteiger partial charge in [0.05, 0.1) is 4.34 Å². The molecule has 1 heterocycles. The molecule has 1 nitrogen and oxygen atoms in total. The van der Waals surface area contributed by atoms with Gasteiger partial charge in [0, 0.05) is 9.35 Å². The standard InChI is InChI=1S/C12H10BrClOS/c1-12(15,10-6-7-11(14)16-10)8-2-4-9(13)5-3-8/h2-7,15H,1H3. The molecule has 0 amide bonds. The fourth-order valence-electron chi connectivity index (χ4n) is 1.49. The summed E-state index contributed by atoms with van der Waals surface area (Å²) in [5.41, 5.74) is -0.132. The highest BCUT2D eigenvalue weighted by atomic mass is 79.9. The summed E-state index contributed by atoms with van der Waals surface area (Å²) < 4.78 is 1.68. The van der Waals surface area contributed by atoms with Crippen molar-refractivity contribution in [2.24, 2.45) is 0 Å². The second-order valence-electron chi connectivity index (χ2n) is 3.68. The molecule has 0 aliphatic carbocycles. The molecule has 1 unspecified atom stereocenters. The lowest BCUT2D eigenvalue weighted by atomic mass is 9.94. The summed E-state index contributed by atoms with van der Waals surface area (Å²) >= 11 is 10.6. The molecule has 0 bridgehead atoms. The maximum absolute atomic E-state index is 10.5. The molecule has 2 aromatic rings. The Morgan fingerprint density at radius 3 is 2.31 bits per heavy atom. The topological polar surface area (TPSA) is 20.2 Å². The minimum absolute atomic E-state index is 0.687. The zero-order valence-corrected chi connectivity index (χ0v) is 11.7. The molecule has 2 rings (SSSR count). The van der Waals surface area contributed by atoms with Crippen molar-refractivity contribution in [2.75, 3.05) is 0 Å². The first-order valence-corrected chi connectivity index (χ1v) is 6.73. The summed E-state index contributed by atoms with van der Waals surface area (Å²) in [7, 11) is 0. The Morgan fingerprint density at radius 2 is 1.81 bits per heavy atom. The molecule has 0 fully saturated rings. The molecule has 0 aliphatic heterocycles. The van der Waals surface area contributed by atoms with Crippen LogP contribution in [0.25, 0.3) is 0 Å². The fraction of sp³-hybridized carbons (Fsp3) is 0.167. The van der Waals surface area contributed by atoms with E-state index in [1.165, 1.54) is 11.3 Å². The van der Waals surface area contributed by atoms with Gasteiger partial charge < -0.3 is 5.11 Å². The summed E-state index contributed by atoms with van der Waals surface area (Å²) in [5.74, 6) is 0. The first kappa shape index (κ1) is 12.1. The maximum Gasteiger partial charge on any atom is 0.121 e. The van der Waals surface area contributed by atoms with Gasteiger partial charge in [-0.3, -0.25) is 0 Å². The van der Waals surface area contributed by atoms with E-state index < -0.39 is 5.60 Å². The van der Waals surface area contributed by atoms with E-state index in [0.717, 1.165) is 14.9 Å². The summed E-state index contributed by atoms with van der Waals surface area (Å²) in [6.07, 6.45) is 0. The summed E-state index contributed by atoms with van der Waals surface area (Å²) in [4.78, 5) is 0.847. The van der Waals surface area contributed by atoms with E-state index in [-0.39, 0.29) is 0 Å². The van der Waals surface area contributed by atoms with Gasteiger partial charge in [0.25, 0.3) is 0 Å². The van der Waals surface area contributed by atoms with Gasteiger partial charge in [0.1, 0.15) is 5.60 Å². The third-order valence-electron chi connectivity index (χ3n) is 2.46. The van der Waals surface area contributed by atoms with Gasteiger partial charge in [-0.05, 0) is 36.8 Å². The molecule has 16 heavy (non-hydrogen) atoms. The van der Waals surface area contributed by atoms with Gasteiger partial charge in [-0.15, -0.1) is 11.3 Å². The monoisotopic (exact) mass is 316 g/mol. The fourth-order valence-corrected chi connectivity index (χ4v) is 2.87. The van der Waals surface area contributed by atoms with Gasteiger partial charge in [0.15, 0.2) is 0 Å². The first-order valence-electron chi connectivity index (χ1n) is 4.74. The third-order valence-corrected chi connectivity index (χ3v) is 4.43. The molecule has 1 atom stereocenters. The van der Waals surface area contributed by atoms with Gasteiger partial charge in [-0.25, -0.2) is 0 Å². The van der Waals surface area contributed by atoms with Crippen LogP contribution in [-0.2, 0) is 5.60 Å². The molecule has 1 N–H and O–H groups in total. The largest absolute Gasteiger partial charge is 0.380 e. The lowest BCUT2D eigenvalue weighted by molar-refractivity contribution is 0.106. The number of halogens is 2. The van der Waals surface area contributed by atoms with E-state index in [1.54, 1.807) is 13.0 Å². The molecular weight excluding hydrogens is 308 g/mol. The number of rotatable bonds is 2. The second kappa shape index (κ2) is 4.49. The predicted molar refractivity (Wildman–Crippen MR) is 72.1 cm³/mol. The van der Waals surface area contributed by atoms with Gasteiger partial charge in [-0.2, -0.15) is 0 Å². The van der Waals surface area contributed by atoms with E-state index >= 15 is 0 Å². The predicted octanol–water partition coefficient (Wildman–Crippen LogP) is 4.42. The third kappa shape index (κ3) is 2.33. The van der Waals surface area contributed by atoms with Crippen molar-refractivity contribution in [3.8, 4) is 0 Å². The van der Waals surface area contributed by atoms with Crippen LogP contribution in [0.2, 0.25) is 4.34 Å².